The molecule has 1 N–H and O–H groups in total. The van der Waals surface area contributed by atoms with Crippen LogP contribution in [0.3, 0.4) is 0 Å². The van der Waals surface area contributed by atoms with Gasteiger partial charge in [0, 0.05) is 28.2 Å². The molecule has 1 aromatic rings. The molecule has 2 saturated carbocycles. The van der Waals surface area contributed by atoms with Crippen molar-refractivity contribution in [3.05, 3.63) is 29.6 Å². The van der Waals surface area contributed by atoms with Crippen LogP contribution in [0, 0.1) is 23.6 Å². The monoisotopic (exact) mass is 406 g/mol. The Morgan fingerprint density at radius 2 is 2.04 bits per heavy atom. The van der Waals surface area contributed by atoms with Gasteiger partial charge in [-0.2, -0.15) is 0 Å². The highest BCUT2D eigenvalue weighted by molar-refractivity contribution is 7.85. The zero-order valence-corrected chi connectivity index (χ0v) is 16.3. The lowest BCUT2D eigenvalue weighted by atomic mass is 9.85. The van der Waals surface area contributed by atoms with Gasteiger partial charge in [0.15, 0.2) is 0 Å². The summed E-state index contributed by atoms with van der Waals surface area (Å²) in [5.41, 5.74) is 1.13. The number of hydrogen-bond acceptors (Lipinski definition) is 4. The van der Waals surface area contributed by atoms with Gasteiger partial charge < -0.3 is 10.1 Å². The van der Waals surface area contributed by atoms with Crippen LogP contribution in [0.1, 0.15) is 30.7 Å². The molecule has 28 heavy (non-hydrogen) atoms. The van der Waals surface area contributed by atoms with E-state index in [-0.39, 0.29) is 36.6 Å². The van der Waals surface area contributed by atoms with E-state index in [1.54, 1.807) is 12.1 Å². The average Bonchev–Trinajstić information content (AvgIpc) is 2.94. The molecule has 5 rings (SSSR count). The molecule has 2 unspecified atom stereocenters. The van der Waals surface area contributed by atoms with Crippen molar-refractivity contribution in [1.82, 2.24) is 5.32 Å². The van der Waals surface area contributed by atoms with E-state index in [0.29, 0.717) is 34.6 Å². The van der Waals surface area contributed by atoms with E-state index < -0.39 is 23.0 Å². The van der Waals surface area contributed by atoms with Crippen molar-refractivity contribution in [3.63, 3.8) is 0 Å². The number of carbonyl (C=O) groups excluding carboxylic acids is 2. The van der Waals surface area contributed by atoms with Crippen molar-refractivity contribution in [2.24, 2.45) is 17.8 Å². The summed E-state index contributed by atoms with van der Waals surface area (Å²) in [6.45, 7) is 0.566. The minimum absolute atomic E-state index is 0.0204. The number of amides is 2. The van der Waals surface area contributed by atoms with Crippen LogP contribution in [0.15, 0.2) is 18.2 Å². The van der Waals surface area contributed by atoms with E-state index in [4.69, 9.17) is 4.74 Å². The molecular weight excluding hydrogens is 383 g/mol. The maximum atomic E-state index is 14.7. The highest BCUT2D eigenvalue weighted by Gasteiger charge is 2.57. The molecule has 2 aliphatic heterocycles. The number of nitrogens with zero attached hydrogens (tertiary/aromatic N) is 1. The van der Waals surface area contributed by atoms with Crippen LogP contribution in [0.5, 0.6) is 0 Å². The average molecular weight is 406 g/mol. The summed E-state index contributed by atoms with van der Waals surface area (Å²) in [6, 6.07) is 4.88. The molecule has 2 aliphatic carbocycles. The molecule has 6 nitrogen and oxygen atoms in total. The number of ether oxygens (including phenoxy) is 1. The molecule has 4 fully saturated rings. The van der Waals surface area contributed by atoms with Crippen LogP contribution in [-0.2, 0) is 20.3 Å². The molecule has 2 heterocycles. The van der Waals surface area contributed by atoms with Crippen molar-refractivity contribution < 1.29 is 22.9 Å². The van der Waals surface area contributed by atoms with Gasteiger partial charge in [-0.25, -0.2) is 9.18 Å². The molecule has 0 bridgehead atoms. The second-order valence-electron chi connectivity index (χ2n) is 8.32. The van der Waals surface area contributed by atoms with E-state index in [9.17, 15) is 18.2 Å². The summed E-state index contributed by atoms with van der Waals surface area (Å²) in [7, 11) is -0.747. The maximum Gasteiger partial charge on any atom is 0.414 e. The molecule has 0 radical (unpaired) electrons. The van der Waals surface area contributed by atoms with E-state index in [1.165, 1.54) is 11.0 Å². The molecule has 5 atom stereocenters. The summed E-state index contributed by atoms with van der Waals surface area (Å²) < 4.78 is 31.6. The van der Waals surface area contributed by atoms with Crippen LogP contribution in [0.25, 0.3) is 0 Å². The number of fused-ring (bicyclic) bond motifs is 1. The third-order valence-corrected chi connectivity index (χ3v) is 8.11. The Labute approximate surface area is 165 Å². The lowest BCUT2D eigenvalue weighted by Gasteiger charge is -2.24. The Morgan fingerprint density at radius 3 is 2.68 bits per heavy atom. The third kappa shape index (κ3) is 3.11. The smallest absolute Gasteiger partial charge is 0.414 e. The van der Waals surface area contributed by atoms with Crippen LogP contribution >= 0.6 is 0 Å². The first-order valence-electron chi connectivity index (χ1n) is 9.91. The maximum absolute atomic E-state index is 14.7. The number of anilines is 1. The zero-order valence-electron chi connectivity index (χ0n) is 15.4. The first kappa shape index (κ1) is 18.1. The second-order valence-corrected chi connectivity index (χ2v) is 9.87. The molecular formula is C20H23FN2O4S. The molecule has 0 aromatic heterocycles. The molecule has 4 aliphatic rings. The van der Waals surface area contributed by atoms with Gasteiger partial charge in [-0.15, -0.1) is 0 Å². The third-order valence-electron chi connectivity index (χ3n) is 6.60. The van der Waals surface area contributed by atoms with Crippen molar-refractivity contribution in [2.45, 2.75) is 31.3 Å². The number of rotatable bonds is 5. The lowest BCUT2D eigenvalue weighted by Crippen LogP contribution is -2.39. The number of nitrogens with one attached hydrogen (secondary N) is 1. The van der Waals surface area contributed by atoms with Crippen molar-refractivity contribution in [2.75, 3.05) is 29.5 Å². The highest BCUT2D eigenvalue weighted by atomic mass is 32.2. The van der Waals surface area contributed by atoms with E-state index >= 15 is 0 Å². The second kappa shape index (κ2) is 6.83. The Balaban J connectivity index is 1.21. The summed E-state index contributed by atoms with van der Waals surface area (Å²) >= 11 is 0. The predicted octanol–water partition coefficient (Wildman–Crippen LogP) is 2.16. The first-order valence-corrected chi connectivity index (χ1v) is 11.4. The Morgan fingerprint density at radius 1 is 1.29 bits per heavy atom. The van der Waals surface area contributed by atoms with Crippen LogP contribution in [0.2, 0.25) is 0 Å². The number of carbonyl (C=O) groups is 2. The van der Waals surface area contributed by atoms with Crippen LogP contribution in [-0.4, -0.2) is 46.9 Å². The fraction of sp³-hybridized carbons (Fsp3) is 0.600. The molecule has 8 heteroatoms. The van der Waals surface area contributed by atoms with Crippen molar-refractivity contribution >= 4 is 28.5 Å². The summed E-state index contributed by atoms with van der Waals surface area (Å²) in [5.74, 6) is 1.96. The van der Waals surface area contributed by atoms with Gasteiger partial charge in [-0.05, 0) is 48.3 Å². The number of benzene rings is 1. The first-order chi connectivity index (χ1) is 13.5. The van der Waals surface area contributed by atoms with Crippen LogP contribution in [0.4, 0.5) is 14.9 Å². The standard InChI is InChI=1S/C20H23FN2O4S/c21-17-6-12(4-5-14(17)18-15-9-28(26)10-16(15)18)23-8-13(27-20(23)25)7-22-19(24)11-2-1-3-11/h4-6,11,13,15-16,18H,1-3,7-10H2,(H,22,24)/t13-,15-,16+,18?,28?/m0/s1. The molecule has 150 valence electrons. The molecule has 2 amide bonds. The number of hydrogen-bond donors (Lipinski definition) is 1. The minimum Gasteiger partial charge on any atom is -0.442 e. The van der Waals surface area contributed by atoms with Crippen LogP contribution < -0.4 is 10.2 Å². The Kier molecular flexibility index (Phi) is 4.41. The normalized spacial score (nSPS) is 34.0. The van der Waals surface area contributed by atoms with Gasteiger partial charge >= 0.3 is 6.09 Å². The zero-order chi connectivity index (χ0) is 19.4. The summed E-state index contributed by atoms with van der Waals surface area (Å²) in [4.78, 5) is 25.6. The number of cyclic esters (lactones) is 1. The van der Waals surface area contributed by atoms with E-state index in [2.05, 4.69) is 5.32 Å². The Hall–Kier alpha value is -1.96. The summed E-state index contributed by atoms with van der Waals surface area (Å²) in [5, 5.41) is 2.85. The quantitative estimate of drug-likeness (QED) is 0.813. The van der Waals surface area contributed by atoms with Gasteiger partial charge in [0.25, 0.3) is 0 Å². The van der Waals surface area contributed by atoms with Gasteiger partial charge in [0.2, 0.25) is 5.91 Å². The van der Waals surface area contributed by atoms with Gasteiger partial charge in [0.05, 0.1) is 18.8 Å². The largest absolute Gasteiger partial charge is 0.442 e. The molecule has 1 aromatic carbocycles. The van der Waals surface area contributed by atoms with E-state index in [1.807, 2.05) is 0 Å². The van der Waals surface area contributed by atoms with E-state index in [0.717, 1.165) is 19.3 Å². The molecule has 0 spiro atoms. The minimum atomic E-state index is -0.747. The van der Waals surface area contributed by atoms with Gasteiger partial charge in [-0.3, -0.25) is 13.9 Å². The highest BCUT2D eigenvalue weighted by Crippen LogP contribution is 2.58. The summed E-state index contributed by atoms with van der Waals surface area (Å²) in [6.07, 6.45) is 1.98. The van der Waals surface area contributed by atoms with Crippen molar-refractivity contribution in [1.29, 1.82) is 0 Å². The number of halogens is 1. The van der Waals surface area contributed by atoms with Gasteiger partial charge in [-0.1, -0.05) is 12.5 Å². The Bertz CT molecular complexity index is 845. The topological polar surface area (TPSA) is 75.7 Å². The fourth-order valence-corrected chi connectivity index (χ4v) is 6.58. The lowest BCUT2D eigenvalue weighted by molar-refractivity contribution is -0.127. The SMILES string of the molecule is O=C(NC[C@H]1CN(c2ccc(C3[C@H]4CS(=O)C[C@@H]34)c(F)c2)C(=O)O1)C1CCC1. The van der Waals surface area contributed by atoms with Crippen molar-refractivity contribution in [3.8, 4) is 0 Å². The molecule has 2 saturated heterocycles. The predicted molar refractivity (Wildman–Crippen MR) is 102 cm³/mol. The van der Waals surface area contributed by atoms with Gasteiger partial charge in [0.1, 0.15) is 11.9 Å². The fourth-order valence-electron chi connectivity index (χ4n) is 4.68.